The van der Waals surface area contributed by atoms with Crippen molar-refractivity contribution in [3.8, 4) is 0 Å². The average Bonchev–Trinajstić information content (AvgIpc) is 2.81. The molecular formula is C16H19N3. The highest BCUT2D eigenvalue weighted by atomic mass is 15.2. The number of fused-ring (bicyclic) bond motifs is 1. The Balaban J connectivity index is 1.82. The van der Waals surface area contributed by atoms with Crippen molar-refractivity contribution in [2.75, 3.05) is 29.6 Å². The van der Waals surface area contributed by atoms with Crippen molar-refractivity contribution in [1.29, 1.82) is 0 Å². The molecule has 0 aliphatic carbocycles. The second-order valence-electron chi connectivity index (χ2n) is 5.26. The predicted molar refractivity (Wildman–Crippen MR) is 81.9 cm³/mol. The molecule has 0 amide bonds. The molecule has 2 aromatic rings. The zero-order valence-corrected chi connectivity index (χ0v) is 11.6. The van der Waals surface area contributed by atoms with E-state index in [2.05, 4.69) is 79.0 Å². The number of hydrogen-bond acceptors (Lipinski definition) is 3. The largest absolute Gasteiger partial charge is 0.378 e. The number of anilines is 3. The molecule has 0 spiro atoms. The third kappa shape index (κ3) is 2.24. The highest BCUT2D eigenvalue weighted by Gasteiger charge is 2.20. The molecule has 1 atom stereocenters. The molecule has 0 saturated heterocycles. The molecule has 1 unspecified atom stereocenters. The maximum absolute atomic E-state index is 3.52. The Hall–Kier alpha value is -2.16. The maximum Gasteiger partial charge on any atom is 0.123 e. The quantitative estimate of drug-likeness (QED) is 0.856. The molecule has 0 saturated carbocycles. The van der Waals surface area contributed by atoms with Gasteiger partial charge in [0.15, 0.2) is 0 Å². The number of nitrogens with zero attached hydrogens (tertiary/aromatic N) is 1. The van der Waals surface area contributed by atoms with Gasteiger partial charge in [0.05, 0.1) is 11.4 Å². The van der Waals surface area contributed by atoms with Gasteiger partial charge in [-0.05, 0) is 42.3 Å². The lowest BCUT2D eigenvalue weighted by Gasteiger charge is -2.16. The van der Waals surface area contributed by atoms with E-state index in [4.69, 9.17) is 0 Å². The molecular weight excluding hydrogens is 234 g/mol. The van der Waals surface area contributed by atoms with Crippen LogP contribution in [0.3, 0.4) is 0 Å². The summed E-state index contributed by atoms with van der Waals surface area (Å²) in [6.45, 7) is 2.11. The summed E-state index contributed by atoms with van der Waals surface area (Å²) < 4.78 is 0. The highest BCUT2D eigenvalue weighted by Crippen LogP contribution is 2.35. The third-order valence-corrected chi connectivity index (χ3v) is 3.52. The van der Waals surface area contributed by atoms with Gasteiger partial charge in [-0.25, -0.2) is 0 Å². The van der Waals surface area contributed by atoms with E-state index in [0.717, 1.165) is 0 Å². The van der Waals surface area contributed by atoms with E-state index in [-0.39, 0.29) is 6.17 Å². The van der Waals surface area contributed by atoms with E-state index in [0.29, 0.717) is 0 Å². The van der Waals surface area contributed by atoms with Crippen LogP contribution in [0.1, 0.15) is 17.3 Å². The van der Waals surface area contributed by atoms with Crippen LogP contribution in [0.25, 0.3) is 0 Å². The summed E-state index contributed by atoms with van der Waals surface area (Å²) in [5.41, 5.74) is 6.10. The zero-order chi connectivity index (χ0) is 13.4. The second kappa shape index (κ2) is 4.50. The molecule has 1 heterocycles. The van der Waals surface area contributed by atoms with Crippen LogP contribution in [-0.4, -0.2) is 14.1 Å². The van der Waals surface area contributed by atoms with Crippen molar-refractivity contribution in [2.24, 2.45) is 0 Å². The van der Waals surface area contributed by atoms with E-state index in [1.165, 1.54) is 28.2 Å². The monoisotopic (exact) mass is 253 g/mol. The predicted octanol–water partition coefficient (Wildman–Crippen LogP) is 3.60. The summed E-state index contributed by atoms with van der Waals surface area (Å²) in [5, 5.41) is 7.02. The molecule has 19 heavy (non-hydrogen) atoms. The van der Waals surface area contributed by atoms with Crippen LogP contribution < -0.4 is 15.5 Å². The molecule has 2 N–H and O–H groups in total. The molecule has 3 heteroatoms. The molecule has 1 aliphatic rings. The topological polar surface area (TPSA) is 27.3 Å². The minimum absolute atomic E-state index is 0.160. The second-order valence-corrected chi connectivity index (χ2v) is 5.26. The molecule has 98 valence electrons. The summed E-state index contributed by atoms with van der Waals surface area (Å²) in [7, 11) is 4.11. The third-order valence-electron chi connectivity index (χ3n) is 3.52. The van der Waals surface area contributed by atoms with E-state index >= 15 is 0 Å². The lowest BCUT2D eigenvalue weighted by molar-refractivity contribution is 0.940. The smallest absolute Gasteiger partial charge is 0.123 e. The van der Waals surface area contributed by atoms with Gasteiger partial charge in [0.25, 0.3) is 0 Å². The first-order chi connectivity index (χ1) is 9.13. The van der Waals surface area contributed by atoms with Crippen molar-refractivity contribution >= 4 is 17.1 Å². The van der Waals surface area contributed by atoms with Crippen molar-refractivity contribution in [1.82, 2.24) is 0 Å². The van der Waals surface area contributed by atoms with Crippen LogP contribution in [-0.2, 0) is 0 Å². The first kappa shape index (κ1) is 11.9. The number of nitrogens with one attached hydrogen (secondary N) is 2. The van der Waals surface area contributed by atoms with Crippen LogP contribution in [0.4, 0.5) is 17.1 Å². The summed E-state index contributed by atoms with van der Waals surface area (Å²) in [6.07, 6.45) is 0.160. The Labute approximate surface area is 114 Å². The van der Waals surface area contributed by atoms with E-state index in [9.17, 15) is 0 Å². The normalized spacial score (nSPS) is 16.5. The molecule has 2 aromatic carbocycles. The Morgan fingerprint density at radius 1 is 0.895 bits per heavy atom. The molecule has 0 radical (unpaired) electrons. The number of benzene rings is 2. The van der Waals surface area contributed by atoms with Crippen LogP contribution in [0.15, 0.2) is 42.5 Å². The Morgan fingerprint density at radius 3 is 2.26 bits per heavy atom. The Kier molecular flexibility index (Phi) is 2.82. The van der Waals surface area contributed by atoms with Crippen LogP contribution in [0.5, 0.6) is 0 Å². The molecule has 0 fully saturated rings. The van der Waals surface area contributed by atoms with Crippen molar-refractivity contribution in [2.45, 2.75) is 13.1 Å². The van der Waals surface area contributed by atoms with Crippen LogP contribution >= 0.6 is 0 Å². The first-order valence-corrected chi connectivity index (χ1v) is 6.54. The van der Waals surface area contributed by atoms with Gasteiger partial charge < -0.3 is 15.5 Å². The lowest BCUT2D eigenvalue weighted by atomic mass is 10.1. The molecule has 0 bridgehead atoms. The van der Waals surface area contributed by atoms with Gasteiger partial charge in [0.1, 0.15) is 6.17 Å². The highest BCUT2D eigenvalue weighted by molar-refractivity contribution is 5.75. The molecule has 1 aliphatic heterocycles. The van der Waals surface area contributed by atoms with Gasteiger partial charge >= 0.3 is 0 Å². The Morgan fingerprint density at radius 2 is 1.58 bits per heavy atom. The summed E-state index contributed by atoms with van der Waals surface area (Å²) in [4.78, 5) is 2.11. The molecule has 0 aromatic heterocycles. The number of aryl methyl sites for hydroxylation is 1. The van der Waals surface area contributed by atoms with Gasteiger partial charge in [-0.1, -0.05) is 18.2 Å². The van der Waals surface area contributed by atoms with Crippen LogP contribution in [0, 0.1) is 6.92 Å². The van der Waals surface area contributed by atoms with Gasteiger partial charge in [-0.3, -0.25) is 0 Å². The maximum atomic E-state index is 3.52. The molecule has 3 rings (SSSR count). The van der Waals surface area contributed by atoms with E-state index in [1.807, 2.05) is 0 Å². The summed E-state index contributed by atoms with van der Waals surface area (Å²) in [5.74, 6) is 0. The number of rotatable bonds is 2. The SMILES string of the molecule is Cc1ccc2c(c1)NC(c1ccc(N(C)C)cc1)N2. The van der Waals surface area contributed by atoms with Crippen molar-refractivity contribution in [3.05, 3.63) is 53.6 Å². The fourth-order valence-electron chi connectivity index (χ4n) is 2.38. The van der Waals surface area contributed by atoms with Crippen LogP contribution in [0.2, 0.25) is 0 Å². The summed E-state index contributed by atoms with van der Waals surface area (Å²) >= 11 is 0. The van der Waals surface area contributed by atoms with E-state index in [1.54, 1.807) is 0 Å². The standard InChI is InChI=1S/C16H19N3/c1-11-4-9-14-15(10-11)18-16(17-14)12-5-7-13(8-6-12)19(2)3/h4-10,16-18H,1-3H3. The fraction of sp³-hybridized carbons (Fsp3) is 0.250. The fourth-order valence-corrected chi connectivity index (χ4v) is 2.38. The van der Waals surface area contributed by atoms with Gasteiger partial charge in [-0.15, -0.1) is 0 Å². The first-order valence-electron chi connectivity index (χ1n) is 6.54. The van der Waals surface area contributed by atoms with Gasteiger partial charge in [0.2, 0.25) is 0 Å². The van der Waals surface area contributed by atoms with E-state index < -0.39 is 0 Å². The van der Waals surface area contributed by atoms with Crippen molar-refractivity contribution in [3.63, 3.8) is 0 Å². The summed E-state index contributed by atoms with van der Waals surface area (Å²) in [6, 6.07) is 15.1. The van der Waals surface area contributed by atoms with Gasteiger partial charge in [0, 0.05) is 19.8 Å². The minimum atomic E-state index is 0.160. The lowest BCUT2D eigenvalue weighted by Crippen LogP contribution is -2.13. The van der Waals surface area contributed by atoms with Crippen molar-refractivity contribution < 1.29 is 0 Å². The molecule has 3 nitrogen and oxygen atoms in total. The Bertz CT molecular complexity index is 587. The minimum Gasteiger partial charge on any atom is -0.378 e. The number of hydrogen-bond donors (Lipinski definition) is 2. The average molecular weight is 253 g/mol. The zero-order valence-electron chi connectivity index (χ0n) is 11.6. The van der Waals surface area contributed by atoms with Gasteiger partial charge in [-0.2, -0.15) is 0 Å².